The van der Waals surface area contributed by atoms with Gasteiger partial charge in [0.15, 0.2) is 5.69 Å². The number of hydrogen-bond acceptors (Lipinski definition) is 5. The van der Waals surface area contributed by atoms with Crippen molar-refractivity contribution >= 4 is 11.6 Å². The Labute approximate surface area is 194 Å². The van der Waals surface area contributed by atoms with Crippen LogP contribution < -0.4 is 5.32 Å². The fraction of sp³-hybridized carbons (Fsp3) is 0.333. The van der Waals surface area contributed by atoms with E-state index in [4.69, 9.17) is 4.42 Å². The fourth-order valence-electron chi connectivity index (χ4n) is 3.76. The summed E-state index contributed by atoms with van der Waals surface area (Å²) in [5, 5.41) is 2.51. The minimum atomic E-state index is -4.33. The summed E-state index contributed by atoms with van der Waals surface area (Å²) in [6.45, 7) is 5.71. The summed E-state index contributed by atoms with van der Waals surface area (Å²) >= 11 is 0. The molecule has 1 aliphatic rings. The number of aryl methyl sites for hydroxylation is 1. The number of nitrogens with zero attached hydrogens (tertiary/aromatic N) is 3. The zero-order valence-corrected chi connectivity index (χ0v) is 18.5. The van der Waals surface area contributed by atoms with Crippen LogP contribution in [0.5, 0.6) is 0 Å². The number of aromatic nitrogens is 1. The first-order valence-electron chi connectivity index (χ1n) is 10.8. The molecule has 1 fully saturated rings. The number of alkyl halides is 3. The quantitative estimate of drug-likeness (QED) is 0.522. The van der Waals surface area contributed by atoms with Gasteiger partial charge in [0.05, 0.1) is 17.8 Å². The van der Waals surface area contributed by atoms with Gasteiger partial charge in [0.1, 0.15) is 12.1 Å². The van der Waals surface area contributed by atoms with Crippen LogP contribution >= 0.6 is 0 Å². The number of benzene rings is 2. The molecule has 10 heteroatoms. The summed E-state index contributed by atoms with van der Waals surface area (Å²) in [6.07, 6.45) is -3.08. The maximum Gasteiger partial charge on any atom is 0.416 e. The summed E-state index contributed by atoms with van der Waals surface area (Å²) < 4.78 is 57.4. The Morgan fingerprint density at radius 3 is 2.32 bits per heavy atom. The average molecular weight is 476 g/mol. The van der Waals surface area contributed by atoms with E-state index in [2.05, 4.69) is 20.1 Å². The smallest absolute Gasteiger partial charge is 0.416 e. The molecule has 180 valence electrons. The van der Waals surface area contributed by atoms with Gasteiger partial charge in [0.25, 0.3) is 5.91 Å². The predicted molar refractivity (Wildman–Crippen MR) is 118 cm³/mol. The number of amides is 1. The van der Waals surface area contributed by atoms with Gasteiger partial charge in [-0.25, -0.2) is 9.37 Å². The van der Waals surface area contributed by atoms with Gasteiger partial charge in [-0.1, -0.05) is 18.2 Å². The summed E-state index contributed by atoms with van der Waals surface area (Å²) in [5.74, 6) is -0.705. The molecule has 3 aromatic rings. The van der Waals surface area contributed by atoms with E-state index in [-0.39, 0.29) is 11.4 Å². The number of oxazole rings is 1. The van der Waals surface area contributed by atoms with E-state index < -0.39 is 23.5 Å². The molecule has 0 atom stereocenters. The monoisotopic (exact) mass is 476 g/mol. The van der Waals surface area contributed by atoms with Crippen molar-refractivity contribution in [3.05, 3.63) is 82.8 Å². The third-order valence-electron chi connectivity index (χ3n) is 5.67. The number of halogens is 4. The largest absolute Gasteiger partial charge is 0.447 e. The second-order valence-corrected chi connectivity index (χ2v) is 8.31. The lowest BCUT2D eigenvalue weighted by Gasteiger charge is -2.34. The van der Waals surface area contributed by atoms with E-state index in [1.165, 1.54) is 24.5 Å². The maximum absolute atomic E-state index is 13.9. The van der Waals surface area contributed by atoms with Crippen LogP contribution in [0.1, 0.15) is 33.1 Å². The van der Waals surface area contributed by atoms with E-state index in [1.54, 1.807) is 19.1 Å². The summed E-state index contributed by atoms with van der Waals surface area (Å²) in [4.78, 5) is 20.9. The zero-order chi connectivity index (χ0) is 24.3. The van der Waals surface area contributed by atoms with Crippen LogP contribution in [0.25, 0.3) is 0 Å². The molecule has 0 spiro atoms. The topological polar surface area (TPSA) is 61.6 Å². The van der Waals surface area contributed by atoms with Gasteiger partial charge < -0.3 is 9.73 Å². The van der Waals surface area contributed by atoms with Crippen LogP contribution in [0, 0.1) is 12.7 Å². The molecule has 2 aromatic carbocycles. The highest BCUT2D eigenvalue weighted by atomic mass is 19.4. The lowest BCUT2D eigenvalue weighted by Crippen LogP contribution is -2.45. The number of anilines is 1. The Morgan fingerprint density at radius 1 is 1.03 bits per heavy atom. The van der Waals surface area contributed by atoms with E-state index in [9.17, 15) is 22.4 Å². The number of carbonyl (C=O) groups excluding carboxylic acids is 1. The third kappa shape index (κ3) is 6.00. The number of piperazine rings is 1. The van der Waals surface area contributed by atoms with Crippen LogP contribution in [0.2, 0.25) is 0 Å². The van der Waals surface area contributed by atoms with Crippen LogP contribution in [0.3, 0.4) is 0 Å². The Morgan fingerprint density at radius 2 is 1.68 bits per heavy atom. The molecular formula is C24H24F4N4O2. The van der Waals surface area contributed by atoms with Crippen molar-refractivity contribution in [2.45, 2.75) is 26.2 Å². The van der Waals surface area contributed by atoms with E-state index in [0.29, 0.717) is 19.0 Å². The minimum absolute atomic E-state index is 0.0665. The van der Waals surface area contributed by atoms with Crippen molar-refractivity contribution in [1.29, 1.82) is 0 Å². The van der Waals surface area contributed by atoms with Gasteiger partial charge in [-0.05, 0) is 42.3 Å². The SMILES string of the molecule is Cc1ccc(F)c(NC(=O)c2coc(CN3CCN(Cc4ccc(C(F)(F)F)cc4)CC3)n2)c1. The highest BCUT2D eigenvalue weighted by Gasteiger charge is 2.30. The first-order valence-corrected chi connectivity index (χ1v) is 10.8. The van der Waals surface area contributed by atoms with E-state index in [1.807, 2.05) is 0 Å². The third-order valence-corrected chi connectivity index (χ3v) is 5.67. The van der Waals surface area contributed by atoms with Crippen LogP contribution in [0.4, 0.5) is 23.2 Å². The molecule has 1 aliphatic heterocycles. The van der Waals surface area contributed by atoms with Crippen LogP contribution in [-0.4, -0.2) is 46.9 Å². The molecule has 2 heterocycles. The molecule has 0 saturated carbocycles. The zero-order valence-electron chi connectivity index (χ0n) is 18.5. The Hall–Kier alpha value is -3.24. The molecule has 1 saturated heterocycles. The van der Waals surface area contributed by atoms with Crippen molar-refractivity contribution in [2.24, 2.45) is 0 Å². The molecule has 34 heavy (non-hydrogen) atoms. The lowest BCUT2D eigenvalue weighted by atomic mass is 10.1. The number of nitrogens with one attached hydrogen (secondary N) is 1. The maximum atomic E-state index is 13.9. The molecule has 0 unspecified atom stereocenters. The molecule has 0 aliphatic carbocycles. The Bertz CT molecular complexity index is 1140. The van der Waals surface area contributed by atoms with Crippen molar-refractivity contribution in [1.82, 2.24) is 14.8 Å². The predicted octanol–water partition coefficient (Wildman–Crippen LogP) is 4.71. The first kappa shape index (κ1) is 23.9. The Balaban J connectivity index is 1.26. The van der Waals surface area contributed by atoms with Gasteiger partial charge in [0, 0.05) is 32.7 Å². The van der Waals surface area contributed by atoms with E-state index in [0.717, 1.165) is 49.4 Å². The summed E-state index contributed by atoms with van der Waals surface area (Å²) in [5.41, 5.74) is 1.14. The number of carbonyl (C=O) groups is 1. The van der Waals surface area contributed by atoms with E-state index >= 15 is 0 Å². The highest BCUT2D eigenvalue weighted by Crippen LogP contribution is 2.29. The van der Waals surface area contributed by atoms with Crippen molar-refractivity contribution in [2.75, 3.05) is 31.5 Å². The molecule has 0 bridgehead atoms. The van der Waals surface area contributed by atoms with Gasteiger partial charge in [-0.2, -0.15) is 13.2 Å². The minimum Gasteiger partial charge on any atom is -0.447 e. The standard InChI is InChI=1S/C24H24F4N4O2/c1-16-2-7-19(25)20(12-16)30-23(33)21-15-34-22(29-21)14-32-10-8-31(9-11-32)13-17-3-5-18(6-4-17)24(26,27)28/h2-7,12,15H,8-11,13-14H2,1H3,(H,30,33). The molecule has 4 rings (SSSR count). The first-order chi connectivity index (χ1) is 16.2. The van der Waals surface area contributed by atoms with Gasteiger partial charge >= 0.3 is 6.18 Å². The highest BCUT2D eigenvalue weighted by molar-refractivity contribution is 6.02. The van der Waals surface area contributed by atoms with Crippen molar-refractivity contribution in [3.63, 3.8) is 0 Å². The Kier molecular flexibility index (Phi) is 6.99. The van der Waals surface area contributed by atoms with Crippen LogP contribution in [0.15, 0.2) is 53.1 Å². The van der Waals surface area contributed by atoms with Crippen molar-refractivity contribution < 1.29 is 26.8 Å². The van der Waals surface area contributed by atoms with Crippen molar-refractivity contribution in [3.8, 4) is 0 Å². The molecule has 1 amide bonds. The molecule has 0 radical (unpaired) electrons. The number of rotatable bonds is 6. The molecule has 1 N–H and O–H groups in total. The van der Waals surface area contributed by atoms with Gasteiger partial charge in [-0.3, -0.25) is 14.6 Å². The second kappa shape index (κ2) is 9.94. The fourth-order valence-corrected chi connectivity index (χ4v) is 3.76. The molecule has 1 aromatic heterocycles. The van der Waals surface area contributed by atoms with Crippen LogP contribution in [-0.2, 0) is 19.3 Å². The molecule has 6 nitrogen and oxygen atoms in total. The molecular weight excluding hydrogens is 452 g/mol. The van der Waals surface area contributed by atoms with Gasteiger partial charge in [-0.15, -0.1) is 0 Å². The summed E-state index contributed by atoms with van der Waals surface area (Å²) in [7, 11) is 0. The average Bonchev–Trinajstić information content (AvgIpc) is 3.26. The second-order valence-electron chi connectivity index (χ2n) is 8.31. The number of hydrogen-bond donors (Lipinski definition) is 1. The summed E-state index contributed by atoms with van der Waals surface area (Å²) in [6, 6.07) is 9.68. The normalized spacial score (nSPS) is 15.4. The van der Waals surface area contributed by atoms with Gasteiger partial charge in [0.2, 0.25) is 5.89 Å². The lowest BCUT2D eigenvalue weighted by molar-refractivity contribution is -0.137.